The molecule has 3 rings (SSSR count). The Hall–Kier alpha value is -3.59. The zero-order chi connectivity index (χ0) is 19.6. The van der Waals surface area contributed by atoms with Gasteiger partial charge in [0.15, 0.2) is 0 Å². The minimum absolute atomic E-state index is 0.0163. The minimum atomic E-state index is -0.724. The van der Waals surface area contributed by atoms with Crippen molar-refractivity contribution >= 4 is 45.8 Å². The number of benzene rings is 2. The molecule has 10 heteroatoms. The molecule has 0 atom stereocenters. The molecule has 136 valence electrons. The first kappa shape index (κ1) is 18.2. The van der Waals surface area contributed by atoms with Gasteiger partial charge in [-0.15, -0.1) is 0 Å². The summed E-state index contributed by atoms with van der Waals surface area (Å²) in [7, 11) is 0. The Balaban J connectivity index is 1.90. The van der Waals surface area contributed by atoms with Crippen molar-refractivity contribution in [1.29, 1.82) is 0 Å². The second-order valence-corrected chi connectivity index (χ2v) is 5.96. The highest BCUT2D eigenvalue weighted by Crippen LogP contribution is 2.29. The van der Waals surface area contributed by atoms with Gasteiger partial charge in [-0.2, -0.15) is 5.10 Å². The van der Waals surface area contributed by atoms with Crippen LogP contribution < -0.4 is 5.43 Å². The maximum Gasteiger partial charge on any atom is 0.301 e. The van der Waals surface area contributed by atoms with E-state index in [4.69, 9.17) is 11.6 Å². The Morgan fingerprint density at radius 1 is 1.15 bits per heavy atom. The zero-order valence-corrected chi connectivity index (χ0v) is 14.7. The molecule has 0 aliphatic rings. The fourth-order valence-electron chi connectivity index (χ4n) is 2.48. The number of anilines is 1. The topological polar surface area (TPSA) is 124 Å². The van der Waals surface area contributed by atoms with Gasteiger partial charge in [-0.1, -0.05) is 29.8 Å². The standard InChI is InChI=1S/C17H12ClN5O4/c1-10-3-2-4-11-7-12(17(18)20-16(10)11)9-19-21-14-6-5-13(22(24)25)8-15(14)23(26)27/h2-9,21H,1H3/b19-9-. The van der Waals surface area contributed by atoms with E-state index in [9.17, 15) is 20.2 Å². The van der Waals surface area contributed by atoms with E-state index in [0.717, 1.165) is 28.6 Å². The van der Waals surface area contributed by atoms with Crippen molar-refractivity contribution in [2.24, 2.45) is 5.10 Å². The molecule has 0 saturated heterocycles. The number of nitrogens with zero attached hydrogens (tertiary/aromatic N) is 4. The summed E-state index contributed by atoms with van der Waals surface area (Å²) in [4.78, 5) is 24.8. The first-order chi connectivity index (χ1) is 12.9. The van der Waals surface area contributed by atoms with E-state index < -0.39 is 15.5 Å². The van der Waals surface area contributed by atoms with Crippen LogP contribution in [0.5, 0.6) is 0 Å². The van der Waals surface area contributed by atoms with Crippen molar-refractivity contribution in [2.45, 2.75) is 6.92 Å². The molecular weight excluding hydrogens is 374 g/mol. The number of para-hydroxylation sites is 1. The lowest BCUT2D eigenvalue weighted by Crippen LogP contribution is -1.99. The number of non-ortho nitro benzene ring substituents is 1. The number of rotatable bonds is 5. The SMILES string of the molecule is Cc1cccc2cc(/C=N\Nc3ccc([N+](=O)[O-])cc3[N+](=O)[O-])c(Cl)nc12. The molecule has 1 aromatic heterocycles. The summed E-state index contributed by atoms with van der Waals surface area (Å²) >= 11 is 6.18. The van der Waals surface area contributed by atoms with Crippen molar-refractivity contribution in [2.75, 3.05) is 5.43 Å². The maximum atomic E-state index is 11.1. The summed E-state index contributed by atoms with van der Waals surface area (Å²) in [5.41, 5.74) is 3.97. The van der Waals surface area contributed by atoms with Gasteiger partial charge in [-0.05, 0) is 24.6 Å². The molecule has 0 fully saturated rings. The lowest BCUT2D eigenvalue weighted by atomic mass is 10.1. The van der Waals surface area contributed by atoms with Gasteiger partial charge in [-0.25, -0.2) is 4.98 Å². The zero-order valence-electron chi connectivity index (χ0n) is 13.9. The summed E-state index contributed by atoms with van der Waals surface area (Å²) < 4.78 is 0. The first-order valence-electron chi connectivity index (χ1n) is 7.64. The molecule has 1 N–H and O–H groups in total. The predicted octanol–water partition coefficient (Wildman–Crippen LogP) is 4.46. The van der Waals surface area contributed by atoms with E-state index in [1.165, 1.54) is 12.3 Å². The van der Waals surface area contributed by atoms with Gasteiger partial charge in [0.2, 0.25) is 0 Å². The highest BCUT2D eigenvalue weighted by molar-refractivity contribution is 6.32. The number of pyridine rings is 1. The van der Waals surface area contributed by atoms with Crippen molar-refractivity contribution in [3.63, 3.8) is 0 Å². The summed E-state index contributed by atoms with van der Waals surface area (Å²) in [5, 5.41) is 26.9. The van der Waals surface area contributed by atoms with Crippen LogP contribution in [-0.2, 0) is 0 Å². The number of nitro benzene ring substituents is 2. The first-order valence-corrected chi connectivity index (χ1v) is 8.02. The average molecular weight is 386 g/mol. The number of halogens is 1. The third-order valence-corrected chi connectivity index (χ3v) is 4.11. The fraction of sp³-hybridized carbons (Fsp3) is 0.0588. The van der Waals surface area contributed by atoms with Crippen molar-refractivity contribution < 1.29 is 9.85 Å². The number of fused-ring (bicyclic) bond motifs is 1. The van der Waals surface area contributed by atoms with E-state index in [0.29, 0.717) is 5.56 Å². The summed E-state index contributed by atoms with van der Waals surface area (Å²) in [5.74, 6) is 0. The normalized spacial score (nSPS) is 11.0. The van der Waals surface area contributed by atoms with Gasteiger partial charge in [0, 0.05) is 17.0 Å². The Bertz CT molecular complexity index is 1100. The Morgan fingerprint density at radius 2 is 1.93 bits per heavy atom. The fourth-order valence-corrected chi connectivity index (χ4v) is 2.67. The molecule has 0 spiro atoms. The number of nitro groups is 2. The largest absolute Gasteiger partial charge is 0.301 e. The van der Waals surface area contributed by atoms with E-state index in [2.05, 4.69) is 15.5 Å². The average Bonchev–Trinajstić information content (AvgIpc) is 2.63. The Labute approximate surface area is 157 Å². The molecule has 3 aromatic rings. The smallest absolute Gasteiger partial charge is 0.272 e. The lowest BCUT2D eigenvalue weighted by molar-refractivity contribution is -0.393. The van der Waals surface area contributed by atoms with Gasteiger partial charge >= 0.3 is 5.69 Å². The summed E-state index contributed by atoms with van der Waals surface area (Å²) in [6, 6.07) is 10.7. The molecular formula is C17H12ClN5O4. The maximum absolute atomic E-state index is 11.1. The van der Waals surface area contributed by atoms with Gasteiger partial charge in [0.25, 0.3) is 5.69 Å². The molecule has 9 nitrogen and oxygen atoms in total. The van der Waals surface area contributed by atoms with E-state index in [1.54, 1.807) is 6.07 Å². The van der Waals surface area contributed by atoms with Gasteiger partial charge in [0.05, 0.1) is 27.6 Å². The molecule has 0 aliphatic carbocycles. The third-order valence-electron chi connectivity index (χ3n) is 3.81. The molecule has 0 amide bonds. The number of aryl methyl sites for hydroxylation is 1. The molecule has 1 heterocycles. The van der Waals surface area contributed by atoms with Gasteiger partial charge < -0.3 is 0 Å². The summed E-state index contributed by atoms with van der Waals surface area (Å²) in [6.45, 7) is 1.93. The molecule has 0 saturated carbocycles. The molecule has 27 heavy (non-hydrogen) atoms. The van der Waals surface area contributed by atoms with Crippen LogP contribution in [0, 0.1) is 27.2 Å². The van der Waals surface area contributed by atoms with Crippen LogP contribution in [-0.4, -0.2) is 21.0 Å². The molecule has 0 aliphatic heterocycles. The number of aromatic nitrogens is 1. The van der Waals surface area contributed by atoms with Crippen LogP contribution in [0.2, 0.25) is 5.15 Å². The molecule has 0 bridgehead atoms. The van der Waals surface area contributed by atoms with Crippen LogP contribution in [0.15, 0.2) is 47.6 Å². The monoisotopic (exact) mass is 385 g/mol. The van der Waals surface area contributed by atoms with Crippen LogP contribution >= 0.6 is 11.6 Å². The van der Waals surface area contributed by atoms with Crippen molar-refractivity contribution in [1.82, 2.24) is 4.98 Å². The van der Waals surface area contributed by atoms with Crippen LogP contribution in [0.25, 0.3) is 10.9 Å². The van der Waals surface area contributed by atoms with Gasteiger partial charge in [0.1, 0.15) is 10.8 Å². The van der Waals surface area contributed by atoms with Crippen LogP contribution in [0.4, 0.5) is 17.1 Å². The van der Waals surface area contributed by atoms with Crippen LogP contribution in [0.1, 0.15) is 11.1 Å². The predicted molar refractivity (Wildman–Crippen MR) is 102 cm³/mol. The Kier molecular flexibility index (Phi) is 4.95. The third kappa shape index (κ3) is 3.82. The number of hydrazone groups is 1. The second-order valence-electron chi connectivity index (χ2n) is 5.60. The van der Waals surface area contributed by atoms with Gasteiger partial charge in [-0.3, -0.25) is 25.7 Å². The highest BCUT2D eigenvalue weighted by atomic mass is 35.5. The molecule has 0 radical (unpaired) electrons. The van der Waals surface area contributed by atoms with E-state index in [-0.39, 0.29) is 16.5 Å². The summed E-state index contributed by atoms with van der Waals surface area (Å²) in [6.07, 6.45) is 1.38. The van der Waals surface area contributed by atoms with Crippen molar-refractivity contribution in [3.8, 4) is 0 Å². The number of hydrogen-bond acceptors (Lipinski definition) is 7. The molecule has 0 unspecified atom stereocenters. The van der Waals surface area contributed by atoms with E-state index >= 15 is 0 Å². The van der Waals surface area contributed by atoms with Crippen LogP contribution in [0.3, 0.4) is 0 Å². The Morgan fingerprint density at radius 3 is 2.63 bits per heavy atom. The van der Waals surface area contributed by atoms with Crippen molar-refractivity contribution in [3.05, 3.63) is 79.0 Å². The highest BCUT2D eigenvalue weighted by Gasteiger charge is 2.19. The molecule has 2 aromatic carbocycles. The minimum Gasteiger partial charge on any atom is -0.272 e. The quantitative estimate of drug-likeness (QED) is 0.299. The van der Waals surface area contributed by atoms with E-state index in [1.807, 2.05) is 25.1 Å². The lowest BCUT2D eigenvalue weighted by Gasteiger charge is -2.05. The second kappa shape index (κ2) is 7.34. The number of nitrogens with one attached hydrogen (secondary N) is 1. The number of hydrogen-bond donors (Lipinski definition) is 1.